The van der Waals surface area contributed by atoms with Crippen molar-refractivity contribution in [3.8, 4) is 0 Å². The summed E-state index contributed by atoms with van der Waals surface area (Å²) < 4.78 is 5.67. The molecule has 1 N–H and O–H groups in total. The van der Waals surface area contributed by atoms with Crippen LogP contribution in [-0.2, 0) is 9.53 Å². The maximum Gasteiger partial charge on any atom is 0.355 e. The number of rotatable bonds is 9. The van der Waals surface area contributed by atoms with E-state index < -0.39 is 5.97 Å². The van der Waals surface area contributed by atoms with Crippen LogP contribution in [0.2, 0.25) is 0 Å². The van der Waals surface area contributed by atoms with Gasteiger partial charge >= 0.3 is 5.97 Å². The maximum absolute atomic E-state index is 12.8. The third-order valence-electron chi connectivity index (χ3n) is 4.61. The minimum atomic E-state index is -0.464. The standard InChI is InChI=1S/C19H24N4O4S2/c1-5-14(25)23(12-7-8-12)18-21-22-19(29-18)28-9-13(24)15-10(3)16(20-11(15)4)17(26)27-6-2/h12,20H,5-9H2,1-4H3. The van der Waals surface area contributed by atoms with Gasteiger partial charge in [-0.1, -0.05) is 30.0 Å². The predicted octanol–water partition coefficient (Wildman–Crippen LogP) is 3.54. The number of carbonyl (C=O) groups is 3. The van der Waals surface area contributed by atoms with E-state index in [4.69, 9.17) is 4.74 Å². The van der Waals surface area contributed by atoms with E-state index in [2.05, 4.69) is 15.2 Å². The molecule has 0 aromatic carbocycles. The molecular weight excluding hydrogens is 412 g/mol. The molecule has 2 aromatic rings. The first-order valence-corrected chi connectivity index (χ1v) is 11.3. The Kier molecular flexibility index (Phi) is 6.74. The van der Waals surface area contributed by atoms with Gasteiger partial charge in [0.2, 0.25) is 11.0 Å². The van der Waals surface area contributed by atoms with Gasteiger partial charge in [-0.15, -0.1) is 10.2 Å². The molecule has 1 amide bonds. The van der Waals surface area contributed by atoms with Crippen LogP contribution in [0.15, 0.2) is 4.34 Å². The quantitative estimate of drug-likeness (QED) is 0.277. The molecule has 0 bridgehead atoms. The molecule has 2 aromatic heterocycles. The molecule has 1 saturated carbocycles. The van der Waals surface area contributed by atoms with Crippen LogP contribution < -0.4 is 4.90 Å². The highest BCUT2D eigenvalue weighted by Crippen LogP contribution is 2.36. The fourth-order valence-electron chi connectivity index (χ4n) is 3.10. The van der Waals surface area contributed by atoms with Crippen molar-refractivity contribution in [2.24, 2.45) is 0 Å². The monoisotopic (exact) mass is 436 g/mol. The average molecular weight is 437 g/mol. The summed E-state index contributed by atoms with van der Waals surface area (Å²) >= 11 is 2.61. The average Bonchev–Trinajstić information content (AvgIpc) is 3.33. The second kappa shape index (κ2) is 9.08. The molecule has 156 valence electrons. The Morgan fingerprint density at radius 1 is 1.24 bits per heavy atom. The zero-order chi connectivity index (χ0) is 21.1. The second-order valence-electron chi connectivity index (χ2n) is 6.76. The summed E-state index contributed by atoms with van der Waals surface area (Å²) in [6, 6.07) is 0.223. The number of esters is 1. The SMILES string of the molecule is CCOC(=O)c1[nH]c(C)c(C(=O)CSc2nnc(N(C(=O)CC)C3CC3)s2)c1C. The van der Waals surface area contributed by atoms with Gasteiger partial charge in [-0.3, -0.25) is 14.5 Å². The van der Waals surface area contributed by atoms with Gasteiger partial charge in [-0.2, -0.15) is 0 Å². The highest BCUT2D eigenvalue weighted by Gasteiger charge is 2.35. The number of nitrogens with zero attached hydrogens (tertiary/aromatic N) is 3. The van der Waals surface area contributed by atoms with Crippen LogP contribution in [-0.4, -0.2) is 51.2 Å². The molecule has 8 nitrogen and oxygen atoms in total. The number of anilines is 1. The largest absolute Gasteiger partial charge is 0.461 e. The number of hydrogen-bond donors (Lipinski definition) is 1. The third kappa shape index (κ3) is 4.69. The molecule has 0 atom stereocenters. The molecule has 2 heterocycles. The molecule has 3 rings (SSSR count). The molecule has 1 aliphatic rings. The van der Waals surface area contributed by atoms with Crippen LogP contribution in [0.25, 0.3) is 0 Å². The minimum Gasteiger partial charge on any atom is -0.461 e. The first kappa shape index (κ1) is 21.5. The molecule has 29 heavy (non-hydrogen) atoms. The van der Waals surface area contributed by atoms with Crippen LogP contribution in [0.3, 0.4) is 0 Å². The van der Waals surface area contributed by atoms with Gasteiger partial charge in [0.05, 0.1) is 12.4 Å². The summed E-state index contributed by atoms with van der Waals surface area (Å²) in [6.45, 7) is 7.34. The van der Waals surface area contributed by atoms with Crippen molar-refractivity contribution in [3.05, 3.63) is 22.5 Å². The Morgan fingerprint density at radius 2 is 1.97 bits per heavy atom. The molecule has 0 aliphatic heterocycles. The van der Waals surface area contributed by atoms with Crippen molar-refractivity contribution < 1.29 is 19.1 Å². The summed E-state index contributed by atoms with van der Waals surface area (Å²) in [6.07, 6.45) is 2.40. The van der Waals surface area contributed by atoms with E-state index in [-0.39, 0.29) is 30.1 Å². The summed E-state index contributed by atoms with van der Waals surface area (Å²) in [5.74, 6) is -0.352. The van der Waals surface area contributed by atoms with Crippen molar-refractivity contribution in [3.63, 3.8) is 0 Å². The predicted molar refractivity (Wildman–Crippen MR) is 112 cm³/mol. The maximum atomic E-state index is 12.8. The van der Waals surface area contributed by atoms with E-state index in [0.29, 0.717) is 38.4 Å². The van der Waals surface area contributed by atoms with Crippen LogP contribution in [0, 0.1) is 13.8 Å². The summed E-state index contributed by atoms with van der Waals surface area (Å²) in [5, 5.41) is 8.88. The van der Waals surface area contributed by atoms with Crippen molar-refractivity contribution in [1.82, 2.24) is 15.2 Å². The Hall–Kier alpha value is -2.20. The molecule has 0 radical (unpaired) electrons. The topological polar surface area (TPSA) is 105 Å². The molecule has 1 fully saturated rings. The summed E-state index contributed by atoms with van der Waals surface area (Å²) in [4.78, 5) is 41.7. The number of ether oxygens (including phenoxy) is 1. The van der Waals surface area contributed by atoms with E-state index >= 15 is 0 Å². The van der Waals surface area contributed by atoms with Gasteiger partial charge in [0.1, 0.15) is 5.69 Å². The van der Waals surface area contributed by atoms with E-state index in [0.717, 1.165) is 12.8 Å². The number of amides is 1. The fourth-order valence-corrected chi connectivity index (χ4v) is 4.91. The summed E-state index contributed by atoms with van der Waals surface area (Å²) in [7, 11) is 0. The third-order valence-corrected chi connectivity index (χ3v) is 6.66. The highest BCUT2D eigenvalue weighted by atomic mass is 32.2. The van der Waals surface area contributed by atoms with Gasteiger partial charge in [-0.25, -0.2) is 4.79 Å². The van der Waals surface area contributed by atoms with E-state index in [1.807, 2.05) is 6.92 Å². The Morgan fingerprint density at radius 3 is 2.59 bits per heavy atom. The number of hydrogen-bond acceptors (Lipinski definition) is 8. The Labute approximate surface area is 177 Å². The van der Waals surface area contributed by atoms with E-state index in [1.54, 1.807) is 25.7 Å². The molecule has 1 aliphatic carbocycles. The van der Waals surface area contributed by atoms with Crippen molar-refractivity contribution >= 4 is 45.9 Å². The highest BCUT2D eigenvalue weighted by molar-refractivity contribution is 8.01. The molecular formula is C19H24N4O4S2. The van der Waals surface area contributed by atoms with Crippen LogP contribution in [0.1, 0.15) is 65.2 Å². The molecule has 10 heteroatoms. The molecule has 0 spiro atoms. The summed E-state index contributed by atoms with van der Waals surface area (Å²) in [5.41, 5.74) is 2.06. The number of carbonyl (C=O) groups excluding carboxylic acids is 3. The normalized spacial score (nSPS) is 13.4. The smallest absolute Gasteiger partial charge is 0.355 e. The minimum absolute atomic E-state index is 0.0429. The van der Waals surface area contributed by atoms with Gasteiger partial charge in [0.15, 0.2) is 10.1 Å². The number of nitrogens with one attached hydrogen (secondary N) is 1. The lowest BCUT2D eigenvalue weighted by Crippen LogP contribution is -2.32. The number of thioether (sulfide) groups is 1. The zero-order valence-electron chi connectivity index (χ0n) is 16.9. The number of aryl methyl sites for hydroxylation is 1. The van der Waals surface area contributed by atoms with E-state index in [9.17, 15) is 14.4 Å². The van der Waals surface area contributed by atoms with Gasteiger partial charge in [-0.05, 0) is 39.2 Å². The van der Waals surface area contributed by atoms with Crippen LogP contribution in [0.4, 0.5) is 5.13 Å². The molecule has 0 unspecified atom stereocenters. The van der Waals surface area contributed by atoms with Gasteiger partial charge in [0.25, 0.3) is 0 Å². The number of H-pyrrole nitrogens is 1. The lowest BCUT2D eigenvalue weighted by Gasteiger charge is -2.17. The Bertz CT molecular complexity index is 933. The van der Waals surface area contributed by atoms with E-state index in [1.165, 1.54) is 23.1 Å². The second-order valence-corrected chi connectivity index (χ2v) is 8.93. The first-order valence-electron chi connectivity index (χ1n) is 9.55. The van der Waals surface area contributed by atoms with Crippen molar-refractivity contribution in [2.75, 3.05) is 17.3 Å². The number of aromatic nitrogens is 3. The first-order chi connectivity index (χ1) is 13.9. The number of Topliss-reactive ketones (excluding diaryl/α,β-unsaturated/α-hetero) is 1. The number of ketones is 1. The van der Waals surface area contributed by atoms with Crippen molar-refractivity contribution in [1.29, 1.82) is 0 Å². The number of aromatic amines is 1. The van der Waals surface area contributed by atoms with Gasteiger partial charge < -0.3 is 9.72 Å². The molecule has 0 saturated heterocycles. The fraction of sp³-hybridized carbons (Fsp3) is 0.526. The Balaban J connectivity index is 1.68. The van der Waals surface area contributed by atoms with Crippen molar-refractivity contribution in [2.45, 2.75) is 57.3 Å². The zero-order valence-corrected chi connectivity index (χ0v) is 18.5. The lowest BCUT2D eigenvalue weighted by atomic mass is 10.1. The van der Waals surface area contributed by atoms with Gasteiger partial charge in [0, 0.05) is 23.7 Å². The van der Waals surface area contributed by atoms with Crippen LogP contribution >= 0.6 is 23.1 Å². The van der Waals surface area contributed by atoms with Crippen LogP contribution in [0.5, 0.6) is 0 Å². The lowest BCUT2D eigenvalue weighted by molar-refractivity contribution is -0.118.